The van der Waals surface area contributed by atoms with Crippen molar-refractivity contribution in [3.63, 3.8) is 0 Å². The molecule has 126 valence electrons. The summed E-state index contributed by atoms with van der Waals surface area (Å²) in [6.07, 6.45) is 2.11. The van der Waals surface area contributed by atoms with E-state index in [0.717, 1.165) is 24.6 Å². The van der Waals surface area contributed by atoms with Crippen LogP contribution in [0.15, 0.2) is 10.6 Å². The molecule has 1 aromatic heterocycles. The van der Waals surface area contributed by atoms with Gasteiger partial charge in [-0.1, -0.05) is 5.16 Å². The number of aromatic nitrogens is 1. The number of likely N-dealkylation sites (tertiary alicyclic amines) is 1. The van der Waals surface area contributed by atoms with Crippen LogP contribution in [0.1, 0.15) is 25.0 Å². The SMILES string of the molecule is Cc1cc(NC(=O)CSCC(=O)N2CCCCC2C(=O)O)no1. The van der Waals surface area contributed by atoms with E-state index in [1.54, 1.807) is 13.0 Å². The highest BCUT2D eigenvalue weighted by atomic mass is 32.2. The highest BCUT2D eigenvalue weighted by molar-refractivity contribution is 8.00. The zero-order valence-corrected chi connectivity index (χ0v) is 13.6. The summed E-state index contributed by atoms with van der Waals surface area (Å²) in [5, 5.41) is 15.4. The third kappa shape index (κ3) is 4.98. The first-order chi connectivity index (χ1) is 11.0. The number of aryl methyl sites for hydroxylation is 1. The lowest BCUT2D eigenvalue weighted by Gasteiger charge is -2.32. The van der Waals surface area contributed by atoms with E-state index in [0.29, 0.717) is 24.5 Å². The average Bonchev–Trinajstić information content (AvgIpc) is 2.92. The molecule has 2 heterocycles. The fraction of sp³-hybridized carbons (Fsp3) is 0.571. The summed E-state index contributed by atoms with van der Waals surface area (Å²) in [5.74, 6) is -0.411. The van der Waals surface area contributed by atoms with Crippen molar-refractivity contribution >= 4 is 35.4 Å². The van der Waals surface area contributed by atoms with E-state index in [9.17, 15) is 14.4 Å². The summed E-state index contributed by atoms with van der Waals surface area (Å²) in [4.78, 5) is 36.4. The number of hydrogen-bond acceptors (Lipinski definition) is 6. The number of nitrogens with zero attached hydrogens (tertiary/aromatic N) is 2. The van der Waals surface area contributed by atoms with Gasteiger partial charge >= 0.3 is 5.97 Å². The van der Waals surface area contributed by atoms with Crippen molar-refractivity contribution in [2.24, 2.45) is 0 Å². The Labute approximate surface area is 137 Å². The largest absolute Gasteiger partial charge is 0.480 e. The second-order valence-corrected chi connectivity index (χ2v) is 6.29. The number of anilines is 1. The van der Waals surface area contributed by atoms with Crippen LogP contribution in [0.3, 0.4) is 0 Å². The first-order valence-corrected chi connectivity index (χ1v) is 8.46. The summed E-state index contributed by atoms with van der Waals surface area (Å²) >= 11 is 1.15. The van der Waals surface area contributed by atoms with Gasteiger partial charge in [-0.15, -0.1) is 11.8 Å². The molecule has 23 heavy (non-hydrogen) atoms. The van der Waals surface area contributed by atoms with Crippen LogP contribution in [0.4, 0.5) is 5.82 Å². The second-order valence-electron chi connectivity index (χ2n) is 5.30. The number of nitrogens with one attached hydrogen (secondary N) is 1. The van der Waals surface area contributed by atoms with Gasteiger partial charge in [0.25, 0.3) is 0 Å². The predicted molar refractivity (Wildman–Crippen MR) is 84.2 cm³/mol. The summed E-state index contributed by atoms with van der Waals surface area (Å²) in [6, 6.07) is 0.850. The highest BCUT2D eigenvalue weighted by Gasteiger charge is 2.31. The minimum absolute atomic E-state index is 0.0784. The second kappa shape index (κ2) is 8.00. The number of carbonyl (C=O) groups is 3. The minimum atomic E-state index is -0.970. The molecule has 8 nitrogen and oxygen atoms in total. The Kier molecular flexibility index (Phi) is 6.03. The fourth-order valence-electron chi connectivity index (χ4n) is 2.41. The first kappa shape index (κ1) is 17.3. The fourth-order valence-corrected chi connectivity index (χ4v) is 3.11. The molecule has 1 aliphatic rings. The lowest BCUT2D eigenvalue weighted by molar-refractivity contribution is -0.150. The highest BCUT2D eigenvalue weighted by Crippen LogP contribution is 2.18. The van der Waals surface area contributed by atoms with Gasteiger partial charge in [-0.25, -0.2) is 4.79 Å². The minimum Gasteiger partial charge on any atom is -0.480 e. The number of amides is 2. The Hall–Kier alpha value is -2.03. The number of carboxylic acid groups (broad SMARTS) is 1. The molecule has 0 bridgehead atoms. The van der Waals surface area contributed by atoms with Gasteiger partial charge in [-0.05, 0) is 26.2 Å². The Bertz CT molecular complexity index is 589. The van der Waals surface area contributed by atoms with E-state index in [2.05, 4.69) is 10.5 Å². The van der Waals surface area contributed by atoms with E-state index >= 15 is 0 Å². The van der Waals surface area contributed by atoms with Gasteiger partial charge in [-0.2, -0.15) is 0 Å². The lowest BCUT2D eigenvalue weighted by Crippen LogP contribution is -2.48. The van der Waals surface area contributed by atoms with Gasteiger partial charge < -0.3 is 19.8 Å². The summed E-state index contributed by atoms with van der Waals surface area (Å²) < 4.78 is 4.83. The standard InChI is InChI=1S/C14H19N3O5S/c1-9-6-11(16-22-9)15-12(18)7-23-8-13(19)17-5-3-2-4-10(17)14(20)21/h6,10H,2-5,7-8H2,1H3,(H,20,21)(H,15,16,18). The normalized spacial score (nSPS) is 17.8. The Morgan fingerprint density at radius 2 is 2.22 bits per heavy atom. The van der Waals surface area contributed by atoms with Crippen molar-refractivity contribution in [2.45, 2.75) is 32.2 Å². The topological polar surface area (TPSA) is 113 Å². The molecule has 2 N–H and O–H groups in total. The van der Waals surface area contributed by atoms with Crippen LogP contribution in [0.25, 0.3) is 0 Å². The third-order valence-electron chi connectivity index (χ3n) is 3.46. The van der Waals surface area contributed by atoms with Gasteiger partial charge in [0.15, 0.2) is 5.82 Å². The molecule has 2 amide bonds. The van der Waals surface area contributed by atoms with Crippen LogP contribution in [0, 0.1) is 6.92 Å². The number of hydrogen-bond donors (Lipinski definition) is 2. The number of carbonyl (C=O) groups excluding carboxylic acids is 2. The van der Waals surface area contributed by atoms with Gasteiger partial charge in [0.05, 0.1) is 11.5 Å². The molecule has 0 aliphatic carbocycles. The molecule has 0 aromatic carbocycles. The molecule has 1 saturated heterocycles. The predicted octanol–water partition coefficient (Wildman–Crippen LogP) is 1.12. The summed E-state index contributed by atoms with van der Waals surface area (Å²) in [7, 11) is 0. The summed E-state index contributed by atoms with van der Waals surface area (Å²) in [5.41, 5.74) is 0. The van der Waals surface area contributed by atoms with Gasteiger partial charge in [-0.3, -0.25) is 9.59 Å². The molecule has 1 atom stereocenters. The maximum atomic E-state index is 12.1. The van der Waals surface area contributed by atoms with Crippen LogP contribution >= 0.6 is 11.8 Å². The molecule has 0 spiro atoms. The zero-order valence-electron chi connectivity index (χ0n) is 12.8. The molecule has 0 saturated carbocycles. The van der Waals surface area contributed by atoms with E-state index in [-0.39, 0.29) is 23.3 Å². The first-order valence-electron chi connectivity index (χ1n) is 7.30. The third-order valence-corrected chi connectivity index (χ3v) is 4.38. The molecule has 9 heteroatoms. The van der Waals surface area contributed by atoms with E-state index in [1.807, 2.05) is 0 Å². The maximum absolute atomic E-state index is 12.1. The molecular formula is C14H19N3O5S. The average molecular weight is 341 g/mol. The van der Waals surface area contributed by atoms with Crippen LogP contribution < -0.4 is 5.32 Å². The van der Waals surface area contributed by atoms with Crippen molar-refractivity contribution < 1.29 is 24.0 Å². The van der Waals surface area contributed by atoms with Gasteiger partial charge in [0, 0.05) is 12.6 Å². The van der Waals surface area contributed by atoms with Crippen molar-refractivity contribution in [1.82, 2.24) is 10.1 Å². The Balaban J connectivity index is 1.75. The Morgan fingerprint density at radius 1 is 1.43 bits per heavy atom. The van der Waals surface area contributed by atoms with E-state index in [1.165, 1.54) is 4.90 Å². The Morgan fingerprint density at radius 3 is 2.87 bits per heavy atom. The number of piperidine rings is 1. The smallest absolute Gasteiger partial charge is 0.326 e. The maximum Gasteiger partial charge on any atom is 0.326 e. The lowest BCUT2D eigenvalue weighted by atomic mass is 10.0. The number of rotatable bonds is 6. The summed E-state index contributed by atoms with van der Waals surface area (Å²) in [6.45, 7) is 2.17. The van der Waals surface area contributed by atoms with E-state index in [4.69, 9.17) is 9.63 Å². The van der Waals surface area contributed by atoms with Gasteiger partial charge in [0.2, 0.25) is 11.8 Å². The zero-order chi connectivity index (χ0) is 16.8. The molecule has 1 unspecified atom stereocenters. The number of aliphatic carboxylic acids is 1. The number of carboxylic acids is 1. The van der Waals surface area contributed by atoms with Crippen LogP contribution in [0.5, 0.6) is 0 Å². The van der Waals surface area contributed by atoms with Crippen molar-refractivity contribution in [3.05, 3.63) is 11.8 Å². The van der Waals surface area contributed by atoms with Crippen molar-refractivity contribution in [3.8, 4) is 0 Å². The molecule has 2 rings (SSSR count). The van der Waals surface area contributed by atoms with Gasteiger partial charge in [0.1, 0.15) is 11.8 Å². The van der Waals surface area contributed by atoms with Crippen LogP contribution in [-0.2, 0) is 14.4 Å². The monoisotopic (exact) mass is 341 g/mol. The molecule has 1 fully saturated rings. The van der Waals surface area contributed by atoms with Crippen molar-refractivity contribution in [2.75, 3.05) is 23.4 Å². The number of thioether (sulfide) groups is 1. The van der Waals surface area contributed by atoms with Crippen LogP contribution in [0.2, 0.25) is 0 Å². The molecule has 1 aromatic rings. The molecular weight excluding hydrogens is 322 g/mol. The quantitative estimate of drug-likeness (QED) is 0.797. The van der Waals surface area contributed by atoms with E-state index < -0.39 is 12.0 Å². The molecule has 0 radical (unpaired) electrons. The molecule has 1 aliphatic heterocycles. The van der Waals surface area contributed by atoms with Crippen molar-refractivity contribution in [1.29, 1.82) is 0 Å². The van der Waals surface area contributed by atoms with Crippen LogP contribution in [-0.4, -0.2) is 57.0 Å².